The smallest absolute Gasteiger partial charge is 0.161 e. The van der Waals surface area contributed by atoms with E-state index in [2.05, 4.69) is 36.9 Å². The van der Waals surface area contributed by atoms with Crippen molar-refractivity contribution in [2.24, 2.45) is 0 Å². The molecule has 0 unspecified atom stereocenters. The van der Waals surface area contributed by atoms with Crippen LogP contribution in [-0.2, 0) is 0 Å². The SMILES string of the molecule is C[Si@]1(Cl)CCC=C1c1ccccc1. The predicted molar refractivity (Wildman–Crippen MR) is 61.3 cm³/mol. The second-order valence-electron chi connectivity index (χ2n) is 3.72. The first-order chi connectivity index (χ1) is 6.20. The van der Waals surface area contributed by atoms with Gasteiger partial charge in [0.05, 0.1) is 0 Å². The van der Waals surface area contributed by atoms with Crippen molar-refractivity contribution in [1.29, 1.82) is 0 Å². The molecule has 1 aliphatic heterocycles. The van der Waals surface area contributed by atoms with E-state index in [0.717, 1.165) is 6.42 Å². The Labute approximate surface area is 85.0 Å². The minimum absolute atomic E-state index is 1.16. The predicted octanol–water partition coefficient (Wildman–Crippen LogP) is 3.83. The largest absolute Gasteiger partial charge is 0.184 e. The molecule has 1 aliphatic rings. The van der Waals surface area contributed by atoms with Crippen LogP contribution in [0.5, 0.6) is 0 Å². The van der Waals surface area contributed by atoms with Gasteiger partial charge in [-0.2, -0.15) is 11.1 Å². The molecule has 0 bridgehead atoms. The molecule has 0 radical (unpaired) electrons. The number of hydrogen-bond acceptors (Lipinski definition) is 0. The fourth-order valence-electron chi connectivity index (χ4n) is 1.87. The van der Waals surface area contributed by atoms with Crippen molar-refractivity contribution < 1.29 is 0 Å². The second-order valence-corrected chi connectivity index (χ2v) is 9.66. The zero-order chi connectivity index (χ0) is 9.31. The maximum Gasteiger partial charge on any atom is 0.184 e. The van der Waals surface area contributed by atoms with Crippen LogP contribution < -0.4 is 0 Å². The average molecular weight is 209 g/mol. The zero-order valence-electron chi connectivity index (χ0n) is 7.76. The van der Waals surface area contributed by atoms with Crippen LogP contribution in [0.2, 0.25) is 12.6 Å². The highest BCUT2D eigenvalue weighted by atomic mass is 35.6. The van der Waals surface area contributed by atoms with Crippen LogP contribution >= 0.6 is 11.1 Å². The highest BCUT2D eigenvalue weighted by Gasteiger charge is 2.33. The monoisotopic (exact) mass is 208 g/mol. The van der Waals surface area contributed by atoms with E-state index in [1.165, 1.54) is 16.8 Å². The molecule has 0 amide bonds. The molecule has 2 heteroatoms. The number of benzene rings is 1. The molecule has 0 aromatic heterocycles. The Bertz CT molecular complexity index is 327. The Morgan fingerprint density at radius 3 is 2.46 bits per heavy atom. The molecular weight excluding hydrogens is 196 g/mol. The van der Waals surface area contributed by atoms with E-state index in [-0.39, 0.29) is 0 Å². The summed E-state index contributed by atoms with van der Waals surface area (Å²) in [5, 5.41) is 1.43. The number of halogens is 1. The molecule has 0 N–H and O–H groups in total. The summed E-state index contributed by atoms with van der Waals surface area (Å²) in [5.41, 5.74) is 1.32. The number of rotatable bonds is 1. The van der Waals surface area contributed by atoms with Crippen molar-refractivity contribution >= 4 is 23.7 Å². The molecular formula is C11H13ClSi. The topological polar surface area (TPSA) is 0 Å². The summed E-state index contributed by atoms with van der Waals surface area (Å²) in [6, 6.07) is 11.7. The van der Waals surface area contributed by atoms with Gasteiger partial charge in [0.15, 0.2) is 7.38 Å². The van der Waals surface area contributed by atoms with E-state index in [9.17, 15) is 0 Å². The van der Waals surface area contributed by atoms with Crippen LogP contribution in [0.1, 0.15) is 12.0 Å². The van der Waals surface area contributed by atoms with Gasteiger partial charge in [-0.3, -0.25) is 0 Å². The van der Waals surface area contributed by atoms with Gasteiger partial charge in [-0.1, -0.05) is 43.0 Å². The van der Waals surface area contributed by atoms with Crippen LogP contribution in [0.3, 0.4) is 0 Å². The normalized spacial score (nSPS) is 27.4. The maximum atomic E-state index is 6.54. The Balaban J connectivity index is 2.38. The van der Waals surface area contributed by atoms with Crippen LogP contribution in [0.15, 0.2) is 36.4 Å². The summed E-state index contributed by atoms with van der Waals surface area (Å²) in [6.45, 7) is 2.24. The van der Waals surface area contributed by atoms with Crippen molar-refractivity contribution in [1.82, 2.24) is 0 Å². The maximum absolute atomic E-state index is 6.54. The standard InChI is InChI=1S/C11H13ClSi/c1-13(12)9-5-8-11(13)10-6-3-2-4-7-10/h2-4,6-8H,5,9H2,1H3/t13-/m0/s1. The second kappa shape index (κ2) is 3.32. The van der Waals surface area contributed by atoms with E-state index >= 15 is 0 Å². The summed E-state index contributed by atoms with van der Waals surface area (Å²) in [5.74, 6) is 0. The van der Waals surface area contributed by atoms with E-state index < -0.39 is 7.38 Å². The van der Waals surface area contributed by atoms with Crippen LogP contribution in [-0.4, -0.2) is 7.38 Å². The highest BCUT2D eigenvalue weighted by molar-refractivity contribution is 7.29. The van der Waals surface area contributed by atoms with Gasteiger partial charge in [-0.05, 0) is 23.2 Å². The molecule has 1 heterocycles. The molecule has 1 atom stereocenters. The summed E-state index contributed by atoms with van der Waals surface area (Å²) in [4.78, 5) is 0. The Morgan fingerprint density at radius 2 is 1.92 bits per heavy atom. The van der Waals surface area contributed by atoms with Gasteiger partial charge in [0.25, 0.3) is 0 Å². The summed E-state index contributed by atoms with van der Waals surface area (Å²) >= 11 is 6.54. The third-order valence-electron chi connectivity index (χ3n) is 2.61. The first kappa shape index (κ1) is 9.04. The van der Waals surface area contributed by atoms with Gasteiger partial charge in [-0.15, -0.1) is 0 Å². The van der Waals surface area contributed by atoms with Gasteiger partial charge >= 0.3 is 0 Å². The lowest BCUT2D eigenvalue weighted by molar-refractivity contribution is 1.23. The van der Waals surface area contributed by atoms with Crippen LogP contribution in [0, 0.1) is 0 Å². The fraction of sp³-hybridized carbons (Fsp3) is 0.273. The molecule has 0 fully saturated rings. The Hall–Kier alpha value is -0.533. The van der Waals surface area contributed by atoms with Gasteiger partial charge in [0.2, 0.25) is 0 Å². The van der Waals surface area contributed by atoms with E-state index in [0.29, 0.717) is 0 Å². The molecule has 1 aromatic carbocycles. The molecule has 0 spiro atoms. The van der Waals surface area contributed by atoms with Crippen LogP contribution in [0.4, 0.5) is 0 Å². The Kier molecular flexibility index (Phi) is 2.30. The third kappa shape index (κ3) is 1.72. The van der Waals surface area contributed by atoms with Crippen molar-refractivity contribution in [2.75, 3.05) is 0 Å². The molecule has 0 saturated carbocycles. The zero-order valence-corrected chi connectivity index (χ0v) is 9.51. The first-order valence-corrected chi connectivity index (χ1v) is 8.37. The summed E-state index contributed by atoms with van der Waals surface area (Å²) in [6.07, 6.45) is 3.48. The third-order valence-corrected chi connectivity index (χ3v) is 6.63. The molecule has 68 valence electrons. The van der Waals surface area contributed by atoms with Crippen LogP contribution in [0.25, 0.3) is 5.20 Å². The minimum atomic E-state index is -1.58. The average Bonchev–Trinajstić information content (AvgIpc) is 2.47. The quantitative estimate of drug-likeness (QED) is 0.486. The number of allylic oxidation sites excluding steroid dienone is 1. The number of hydrogen-bond donors (Lipinski definition) is 0. The van der Waals surface area contributed by atoms with Crippen molar-refractivity contribution in [2.45, 2.75) is 19.0 Å². The molecule has 2 rings (SSSR count). The van der Waals surface area contributed by atoms with E-state index in [1.54, 1.807) is 0 Å². The Morgan fingerprint density at radius 1 is 1.23 bits per heavy atom. The van der Waals surface area contributed by atoms with Crippen molar-refractivity contribution in [3.63, 3.8) is 0 Å². The highest BCUT2D eigenvalue weighted by Crippen LogP contribution is 2.38. The fourth-order valence-corrected chi connectivity index (χ4v) is 5.05. The lowest BCUT2D eigenvalue weighted by Crippen LogP contribution is -2.20. The molecule has 0 saturated heterocycles. The van der Waals surface area contributed by atoms with Crippen molar-refractivity contribution in [3.05, 3.63) is 42.0 Å². The minimum Gasteiger partial charge on any atom is -0.161 e. The van der Waals surface area contributed by atoms with E-state index in [1.807, 2.05) is 6.07 Å². The molecule has 1 aromatic rings. The summed E-state index contributed by atoms with van der Waals surface area (Å²) in [7, 11) is -1.58. The van der Waals surface area contributed by atoms with Gasteiger partial charge < -0.3 is 0 Å². The van der Waals surface area contributed by atoms with E-state index in [4.69, 9.17) is 11.1 Å². The molecule has 0 nitrogen and oxygen atoms in total. The van der Waals surface area contributed by atoms with Gasteiger partial charge in [0, 0.05) is 0 Å². The van der Waals surface area contributed by atoms with Crippen molar-refractivity contribution in [3.8, 4) is 0 Å². The van der Waals surface area contributed by atoms with Gasteiger partial charge in [0.1, 0.15) is 0 Å². The van der Waals surface area contributed by atoms with Gasteiger partial charge in [-0.25, -0.2) is 0 Å². The summed E-state index contributed by atoms with van der Waals surface area (Å²) < 4.78 is 0. The molecule has 13 heavy (non-hydrogen) atoms. The lowest BCUT2D eigenvalue weighted by atomic mass is 10.2. The first-order valence-electron chi connectivity index (χ1n) is 4.65. The molecule has 0 aliphatic carbocycles. The lowest BCUT2D eigenvalue weighted by Gasteiger charge is -2.16.